The van der Waals surface area contributed by atoms with Gasteiger partial charge in [0.1, 0.15) is 16.1 Å². The van der Waals surface area contributed by atoms with Crippen molar-refractivity contribution in [3.63, 3.8) is 0 Å². The zero-order valence-corrected chi connectivity index (χ0v) is 11.2. The first kappa shape index (κ1) is 12.8. The second-order valence-electron chi connectivity index (χ2n) is 3.78. The van der Waals surface area contributed by atoms with E-state index in [1.807, 2.05) is 0 Å². The molecule has 0 aliphatic carbocycles. The highest BCUT2D eigenvalue weighted by Crippen LogP contribution is 2.23. The lowest BCUT2D eigenvalue weighted by Gasteiger charge is -2.16. The second kappa shape index (κ2) is 5.30. The van der Waals surface area contributed by atoms with Crippen molar-refractivity contribution in [3.8, 4) is 0 Å². The van der Waals surface area contributed by atoms with Crippen molar-refractivity contribution >= 4 is 21.7 Å². The standard InChI is InChI=1S/C12H11BrFN3O/c1-7(8-4-2-3-5-9(8)14)17-11-10(13)12(18)16-6-15-11/h2-7H,1H3,(H2,15,16,17,18). The lowest BCUT2D eigenvalue weighted by molar-refractivity contribution is 0.600. The summed E-state index contributed by atoms with van der Waals surface area (Å²) in [7, 11) is 0. The number of hydrogen-bond donors (Lipinski definition) is 2. The first-order chi connectivity index (χ1) is 8.59. The van der Waals surface area contributed by atoms with E-state index in [0.29, 0.717) is 15.9 Å². The molecule has 0 saturated carbocycles. The summed E-state index contributed by atoms with van der Waals surface area (Å²) in [5, 5.41) is 2.99. The highest BCUT2D eigenvalue weighted by molar-refractivity contribution is 9.10. The van der Waals surface area contributed by atoms with Crippen LogP contribution in [0.15, 0.2) is 39.9 Å². The molecule has 94 valence electrons. The molecule has 0 aliphatic heterocycles. The van der Waals surface area contributed by atoms with Crippen LogP contribution in [0.5, 0.6) is 0 Å². The third kappa shape index (κ3) is 2.59. The molecule has 0 radical (unpaired) electrons. The minimum Gasteiger partial charge on any atom is -0.362 e. The Bertz CT molecular complexity index is 614. The summed E-state index contributed by atoms with van der Waals surface area (Å²) in [6.07, 6.45) is 1.30. The topological polar surface area (TPSA) is 57.8 Å². The summed E-state index contributed by atoms with van der Waals surface area (Å²) >= 11 is 3.14. The lowest BCUT2D eigenvalue weighted by Crippen LogP contribution is -2.15. The maximum atomic E-state index is 13.6. The number of H-pyrrole nitrogens is 1. The predicted octanol–water partition coefficient (Wildman–Crippen LogP) is 2.84. The molecule has 1 unspecified atom stereocenters. The van der Waals surface area contributed by atoms with E-state index in [2.05, 4.69) is 31.2 Å². The summed E-state index contributed by atoms with van der Waals surface area (Å²) in [4.78, 5) is 17.8. The van der Waals surface area contributed by atoms with E-state index in [-0.39, 0.29) is 17.4 Å². The fourth-order valence-corrected chi connectivity index (χ4v) is 1.92. The van der Waals surface area contributed by atoms with Crippen LogP contribution in [0, 0.1) is 5.82 Å². The zero-order valence-electron chi connectivity index (χ0n) is 9.58. The van der Waals surface area contributed by atoms with Gasteiger partial charge in [0.25, 0.3) is 5.56 Å². The Balaban J connectivity index is 2.27. The summed E-state index contributed by atoms with van der Waals surface area (Å²) in [6, 6.07) is 6.18. The quantitative estimate of drug-likeness (QED) is 0.916. The van der Waals surface area contributed by atoms with Crippen molar-refractivity contribution in [3.05, 3.63) is 56.8 Å². The van der Waals surface area contributed by atoms with E-state index in [1.165, 1.54) is 12.4 Å². The summed E-state index contributed by atoms with van der Waals surface area (Å²) in [5.74, 6) is 0.0907. The van der Waals surface area contributed by atoms with Crippen molar-refractivity contribution in [2.45, 2.75) is 13.0 Å². The Morgan fingerprint density at radius 3 is 2.89 bits per heavy atom. The number of nitrogens with one attached hydrogen (secondary N) is 2. The van der Waals surface area contributed by atoms with E-state index in [0.717, 1.165) is 0 Å². The fourth-order valence-electron chi connectivity index (χ4n) is 1.59. The van der Waals surface area contributed by atoms with Crippen molar-refractivity contribution in [1.82, 2.24) is 9.97 Å². The number of aromatic nitrogens is 2. The first-order valence-electron chi connectivity index (χ1n) is 5.33. The Hall–Kier alpha value is -1.69. The van der Waals surface area contributed by atoms with Gasteiger partial charge in [0.2, 0.25) is 0 Å². The second-order valence-corrected chi connectivity index (χ2v) is 4.57. The number of hydrogen-bond acceptors (Lipinski definition) is 3. The summed E-state index contributed by atoms with van der Waals surface area (Å²) in [6.45, 7) is 1.80. The number of benzene rings is 1. The fraction of sp³-hybridized carbons (Fsp3) is 0.167. The third-order valence-corrected chi connectivity index (χ3v) is 3.26. The van der Waals surface area contributed by atoms with E-state index in [9.17, 15) is 9.18 Å². The molecule has 2 N–H and O–H groups in total. The smallest absolute Gasteiger partial charge is 0.267 e. The van der Waals surface area contributed by atoms with E-state index >= 15 is 0 Å². The van der Waals surface area contributed by atoms with Crippen molar-refractivity contribution < 1.29 is 4.39 Å². The highest BCUT2D eigenvalue weighted by atomic mass is 79.9. The van der Waals surface area contributed by atoms with Crippen molar-refractivity contribution in [2.24, 2.45) is 0 Å². The average Bonchev–Trinajstić information content (AvgIpc) is 2.35. The van der Waals surface area contributed by atoms with Gasteiger partial charge in [-0.25, -0.2) is 9.37 Å². The molecule has 1 heterocycles. The molecule has 0 fully saturated rings. The molecule has 2 rings (SSSR count). The van der Waals surface area contributed by atoms with E-state index in [4.69, 9.17) is 0 Å². The Labute approximate surface area is 111 Å². The summed E-state index contributed by atoms with van der Waals surface area (Å²) in [5.41, 5.74) is 0.236. The van der Waals surface area contributed by atoms with Crippen LogP contribution in [-0.4, -0.2) is 9.97 Å². The molecule has 0 amide bonds. The van der Waals surface area contributed by atoms with Crippen LogP contribution in [0.3, 0.4) is 0 Å². The van der Waals surface area contributed by atoms with Crippen molar-refractivity contribution in [2.75, 3.05) is 5.32 Å². The van der Waals surface area contributed by atoms with Gasteiger partial charge in [-0.3, -0.25) is 4.79 Å². The normalized spacial score (nSPS) is 12.2. The molecular formula is C12H11BrFN3O. The lowest BCUT2D eigenvalue weighted by atomic mass is 10.1. The Kier molecular flexibility index (Phi) is 3.76. The minimum absolute atomic E-state index is 0.284. The van der Waals surface area contributed by atoms with Gasteiger partial charge in [-0.15, -0.1) is 0 Å². The predicted molar refractivity (Wildman–Crippen MR) is 71.0 cm³/mol. The Morgan fingerprint density at radius 2 is 2.17 bits per heavy atom. The first-order valence-corrected chi connectivity index (χ1v) is 6.13. The van der Waals surface area contributed by atoms with Crippen LogP contribution in [0.25, 0.3) is 0 Å². The van der Waals surface area contributed by atoms with Gasteiger partial charge in [0.15, 0.2) is 0 Å². The molecular weight excluding hydrogens is 301 g/mol. The highest BCUT2D eigenvalue weighted by Gasteiger charge is 2.13. The molecule has 0 spiro atoms. The van der Waals surface area contributed by atoms with Crippen LogP contribution in [0.2, 0.25) is 0 Å². The van der Waals surface area contributed by atoms with Crippen LogP contribution in [0.4, 0.5) is 10.2 Å². The van der Waals surface area contributed by atoms with Crippen LogP contribution in [-0.2, 0) is 0 Å². The number of nitrogens with zero attached hydrogens (tertiary/aromatic N) is 1. The van der Waals surface area contributed by atoms with Crippen LogP contribution in [0.1, 0.15) is 18.5 Å². The van der Waals surface area contributed by atoms with Gasteiger partial charge in [0.05, 0.1) is 12.4 Å². The van der Waals surface area contributed by atoms with E-state index in [1.54, 1.807) is 25.1 Å². The minimum atomic E-state index is -0.295. The molecule has 6 heteroatoms. The molecule has 0 saturated heterocycles. The molecule has 4 nitrogen and oxygen atoms in total. The van der Waals surface area contributed by atoms with Crippen LogP contribution < -0.4 is 10.9 Å². The third-order valence-electron chi connectivity index (χ3n) is 2.52. The molecule has 0 aliphatic rings. The molecule has 1 aromatic carbocycles. The zero-order chi connectivity index (χ0) is 13.1. The molecule has 2 aromatic rings. The van der Waals surface area contributed by atoms with Gasteiger partial charge in [-0.1, -0.05) is 18.2 Å². The number of halogens is 2. The average molecular weight is 312 g/mol. The van der Waals surface area contributed by atoms with Crippen LogP contribution >= 0.6 is 15.9 Å². The SMILES string of the molecule is CC(Nc1nc[nH]c(=O)c1Br)c1ccccc1F. The molecule has 1 aromatic heterocycles. The molecule has 0 bridgehead atoms. The monoisotopic (exact) mass is 311 g/mol. The van der Waals surface area contributed by atoms with Gasteiger partial charge < -0.3 is 10.3 Å². The van der Waals surface area contributed by atoms with Gasteiger partial charge in [-0.05, 0) is 28.9 Å². The van der Waals surface area contributed by atoms with Crippen molar-refractivity contribution in [1.29, 1.82) is 0 Å². The summed E-state index contributed by atoms with van der Waals surface area (Å²) < 4.78 is 13.9. The van der Waals surface area contributed by atoms with E-state index < -0.39 is 0 Å². The number of anilines is 1. The number of aromatic amines is 1. The maximum Gasteiger partial charge on any atom is 0.267 e. The number of rotatable bonds is 3. The van der Waals surface area contributed by atoms with Gasteiger partial charge in [-0.2, -0.15) is 0 Å². The molecule has 1 atom stereocenters. The van der Waals surface area contributed by atoms with Gasteiger partial charge >= 0.3 is 0 Å². The largest absolute Gasteiger partial charge is 0.362 e. The Morgan fingerprint density at radius 1 is 1.44 bits per heavy atom. The van der Waals surface area contributed by atoms with Gasteiger partial charge in [0, 0.05) is 5.56 Å². The maximum absolute atomic E-state index is 13.6. The molecule has 18 heavy (non-hydrogen) atoms.